The number of carbonyl (C=O) groups excluding carboxylic acids is 10. The van der Waals surface area contributed by atoms with E-state index in [1.165, 1.54) is 72.0 Å². The Bertz CT molecular complexity index is 6560. The van der Waals surface area contributed by atoms with Crippen LogP contribution in [0.25, 0.3) is 0 Å². The minimum atomic E-state index is -0.591. The molecule has 10 aromatic rings. The second-order valence-electron chi connectivity index (χ2n) is 40.9. The molecule has 8 aromatic carbocycles. The number of aromatic nitrogens is 1. The number of nitrogens with one attached hydrogen (secondary N) is 5. The van der Waals surface area contributed by atoms with Crippen LogP contribution in [0, 0.1) is 83.9 Å². The number of para-hydroxylation sites is 1. The first-order valence-corrected chi connectivity index (χ1v) is 49.7. The van der Waals surface area contributed by atoms with E-state index in [0.29, 0.717) is 67.0 Å². The van der Waals surface area contributed by atoms with Gasteiger partial charge in [0.15, 0.2) is 62.0 Å². The van der Waals surface area contributed by atoms with Crippen LogP contribution in [-0.2, 0) is 24.0 Å². The van der Waals surface area contributed by atoms with Gasteiger partial charge >= 0.3 is 0 Å². The largest absolute Gasteiger partial charge is 0.493 e. The van der Waals surface area contributed by atoms with Crippen LogP contribution in [0.15, 0.2) is 180 Å². The van der Waals surface area contributed by atoms with Crippen LogP contribution in [0.1, 0.15) is 209 Å². The average molecular weight is 2080 g/mol. The second-order valence-corrected chi connectivity index (χ2v) is 44.0. The lowest BCUT2D eigenvalue weighted by molar-refractivity contribution is -0.165. The number of ketones is 5. The van der Waals surface area contributed by atoms with E-state index in [0.717, 1.165) is 160 Å². The molecule has 0 spiro atoms. The zero-order valence-electron chi connectivity index (χ0n) is 79.7. The Hall–Kier alpha value is -11.9. The van der Waals surface area contributed by atoms with Crippen molar-refractivity contribution in [1.82, 2.24) is 31.6 Å². The zero-order chi connectivity index (χ0) is 102. The number of furan rings is 1. The first-order valence-electron chi connectivity index (χ1n) is 46.9. The smallest absolute Gasteiger partial charge is 0.258 e. The number of amides is 5. The lowest BCUT2D eigenvalue weighted by Gasteiger charge is -2.70. The number of carbonyl (C=O) groups is 10. The number of anilines is 1. The monoisotopic (exact) mass is 2080 g/mol. The molecule has 0 aliphatic heterocycles. The van der Waals surface area contributed by atoms with Gasteiger partial charge in [0.1, 0.15) is 80.8 Å². The van der Waals surface area contributed by atoms with Crippen LogP contribution < -0.4 is 59.9 Å². The highest BCUT2D eigenvalue weighted by Crippen LogP contribution is 2.73. The molecule has 2 aromatic heterocycles. The van der Waals surface area contributed by atoms with Gasteiger partial charge in [-0.05, 0) is 267 Å². The summed E-state index contributed by atoms with van der Waals surface area (Å²) in [4.78, 5) is 130. The number of aryl methyl sites for hydroxylation is 4. The van der Waals surface area contributed by atoms with Crippen LogP contribution in [0.4, 0.5) is 27.6 Å². The van der Waals surface area contributed by atoms with Gasteiger partial charge in [0.05, 0.1) is 47.9 Å². The summed E-state index contributed by atoms with van der Waals surface area (Å²) in [5.41, 5.74) is 4.29. The van der Waals surface area contributed by atoms with Crippen LogP contribution in [0.2, 0.25) is 25.1 Å². The predicted octanol–water partition coefficient (Wildman–Crippen LogP) is 21.6. The summed E-state index contributed by atoms with van der Waals surface area (Å²) in [6.45, 7) is 8.94. The molecule has 5 N–H and O–H groups in total. The molecular weight excluding hydrogens is 1970 g/mol. The third-order valence-electron chi connectivity index (χ3n) is 28.5. The fraction of sp³-hybridized carbons (Fsp3) is 0.398. The lowest BCUT2D eigenvalue weighted by Crippen LogP contribution is -2.75. The number of ether oxygens (including phenoxy) is 6. The fourth-order valence-corrected chi connectivity index (χ4v) is 24.4. The number of hydrogen-bond donors (Lipinski definition) is 5. The topological polar surface area (TPSA) is 315 Å². The van der Waals surface area contributed by atoms with E-state index in [2.05, 4.69) is 31.6 Å². The lowest BCUT2D eigenvalue weighted by atomic mass is 9.38. The first-order chi connectivity index (χ1) is 67.8. The summed E-state index contributed by atoms with van der Waals surface area (Å²) < 4.78 is 105. The summed E-state index contributed by atoms with van der Waals surface area (Å²) >= 11 is 29.6. The molecule has 0 radical (unpaired) electrons. The highest BCUT2D eigenvalue weighted by Gasteiger charge is 2.72. The van der Waals surface area contributed by atoms with Crippen LogP contribution in [0.5, 0.6) is 34.5 Å². The van der Waals surface area contributed by atoms with Crippen molar-refractivity contribution in [2.45, 2.75) is 191 Å². The number of benzene rings is 8. The molecule has 15 aliphatic carbocycles. The Morgan fingerprint density at radius 3 is 0.972 bits per heavy atom. The molecule has 35 heteroatoms. The molecule has 143 heavy (non-hydrogen) atoms. The van der Waals surface area contributed by atoms with Gasteiger partial charge in [-0.3, -0.25) is 47.9 Å². The highest BCUT2D eigenvalue weighted by molar-refractivity contribution is 7.09. The summed E-state index contributed by atoms with van der Waals surface area (Å²) in [6, 6.07) is 44.7. The van der Waals surface area contributed by atoms with E-state index < -0.39 is 29.1 Å². The molecule has 24 nitrogen and oxygen atoms in total. The third-order valence-corrected chi connectivity index (χ3v) is 30.8. The highest BCUT2D eigenvalue weighted by atomic mass is 35.5. The van der Waals surface area contributed by atoms with E-state index >= 15 is 0 Å². The summed E-state index contributed by atoms with van der Waals surface area (Å²) in [5, 5.41) is 17.7. The molecule has 752 valence electrons. The standard InChI is InChI=1S/C23H24ClFN2O3.C23H23ClFNO4.C22H21ClFNO3.C21H21ClFNO4.C19H18ClFN2O3S/c1-27(2)16-5-3-15(4-6-16)20(28)10-22-12-23(13-22,14-22)26-21(29)11-30-17-7-8-18(24)19(25)9-17;1-2-29-20-6-4-3-5-16(20)19(27)10-22-12-23(13-22,14-22)26-21(28)11-30-15-7-8-17(24)18(25)9-15;1-14-3-2-4-15(7-14)19(26)9-21-11-22(12-21,13-21)25-20(27)10-28-16-5-6-17(23)18(24)8-16;1-12-5-15(13(2)28-12)18(25)7-20-9-21(10-20,11-20)24-19(26)8-27-14-3-4-16(22)17(23)6-14;1-11-22-15(7-27-11)16(24)5-18-8-19(9-18,10-18)23-17(25)6-26-12-2-3-13(20)14(21)4-12/h3-9H,10-14H2,1-2H3,(H,26,29);3-9H,2,10-14H2,1H3,(H,26,28);2-8H,9-13H2,1H3,(H,25,27);3-6H,7-11H2,1-2H3,(H,24,26);2-4,7H,5-6,8-10H2,1H3,(H,23,25). The summed E-state index contributed by atoms with van der Waals surface area (Å²) in [7, 11) is 3.93. The molecule has 2 heterocycles. The molecule has 5 amide bonds. The van der Waals surface area contributed by atoms with Crippen molar-refractivity contribution in [1.29, 1.82) is 0 Å². The quantitative estimate of drug-likeness (QED) is 0.0177. The van der Waals surface area contributed by atoms with Crippen molar-refractivity contribution >= 4 is 133 Å². The molecular formula is C108H107Cl5F5N7O17S. The minimum absolute atomic E-state index is 0.00203. The number of hydrogen-bond acceptors (Lipinski definition) is 20. The maximum Gasteiger partial charge on any atom is 0.258 e. The third kappa shape index (κ3) is 24.2. The van der Waals surface area contributed by atoms with Crippen molar-refractivity contribution in [3.8, 4) is 34.5 Å². The van der Waals surface area contributed by atoms with E-state index in [1.807, 2.05) is 113 Å². The second kappa shape index (κ2) is 41.7. The Morgan fingerprint density at radius 1 is 0.364 bits per heavy atom. The summed E-state index contributed by atoms with van der Waals surface area (Å²) in [6.07, 6.45) is 14.5. The normalized spacial score (nSPS) is 24.4. The van der Waals surface area contributed by atoms with Crippen LogP contribution in [-0.4, -0.2) is 145 Å². The number of halogens is 10. The average Bonchev–Trinajstić information content (AvgIpc) is 1.30. The van der Waals surface area contributed by atoms with Gasteiger partial charge in [0, 0.05) is 126 Å². The number of rotatable bonds is 38. The minimum Gasteiger partial charge on any atom is -0.493 e. The Kier molecular flexibility index (Phi) is 30.3. The van der Waals surface area contributed by atoms with E-state index in [4.69, 9.17) is 90.8 Å². The zero-order valence-corrected chi connectivity index (χ0v) is 84.2. The van der Waals surface area contributed by atoms with Crippen LogP contribution in [0.3, 0.4) is 0 Å². The SMILES string of the molecule is CCOc1ccccc1C(=O)CC12CC(NC(=O)COc3ccc(Cl)c(F)c3)(C1)C2.CN(C)c1ccc(C(=O)CC23CC(NC(=O)COc4ccc(Cl)c(F)c4)(C2)C3)cc1.Cc1cc(C(=O)CC23CC(NC(=O)COc4ccc(Cl)c(F)c4)(C2)C3)c(C)o1.Cc1cccc(C(=O)CC23CC(NC(=O)COc4ccc(Cl)c(F)c4)(C2)C3)c1.Cc1nc(C(=O)CC23CC(NC(=O)COc4ccc(Cl)c(F)c4)(C2)C3)cs1. The predicted molar refractivity (Wildman–Crippen MR) is 530 cm³/mol. The molecule has 15 fully saturated rings. The molecule has 15 saturated carbocycles. The Labute approximate surface area is 852 Å². The van der Waals surface area contributed by atoms with Crippen molar-refractivity contribution in [2.75, 3.05) is 58.6 Å². The first kappa shape index (κ1) is 104. The Morgan fingerprint density at radius 2 is 0.678 bits per heavy atom. The van der Waals surface area contributed by atoms with E-state index in [9.17, 15) is 69.9 Å². The van der Waals surface area contributed by atoms with Gasteiger partial charge in [0.2, 0.25) is 0 Å². The fourth-order valence-electron chi connectivity index (χ4n) is 23.2. The van der Waals surface area contributed by atoms with Gasteiger partial charge in [-0.15, -0.1) is 11.3 Å². The maximum absolute atomic E-state index is 13.4. The molecule has 0 unspecified atom stereocenters. The van der Waals surface area contributed by atoms with Crippen molar-refractivity contribution in [3.05, 3.63) is 279 Å². The van der Waals surface area contributed by atoms with E-state index in [-0.39, 0.29) is 200 Å². The van der Waals surface area contributed by atoms with Gasteiger partial charge in [-0.25, -0.2) is 26.9 Å². The van der Waals surface area contributed by atoms with Gasteiger partial charge in [-0.1, -0.05) is 93.9 Å². The maximum atomic E-state index is 13.4. The molecule has 10 bridgehead atoms. The van der Waals surface area contributed by atoms with Crippen molar-refractivity contribution in [3.63, 3.8) is 0 Å². The molecule has 15 aliphatic rings. The number of Topliss-reactive ketones (excluding diaryl/α,β-unsaturated/α-hetero) is 5. The Balaban J connectivity index is 0.000000128. The van der Waals surface area contributed by atoms with Gasteiger partial charge in [0.25, 0.3) is 29.5 Å². The molecule has 25 rings (SSSR count). The van der Waals surface area contributed by atoms with Crippen molar-refractivity contribution in [2.24, 2.45) is 27.1 Å². The molecule has 0 saturated heterocycles. The summed E-state index contributed by atoms with van der Waals surface area (Å²) in [5.74, 6) is -0.334. The number of nitrogens with zero attached hydrogens (tertiary/aromatic N) is 2. The number of thiazole rings is 1. The van der Waals surface area contributed by atoms with Crippen molar-refractivity contribution < 1.29 is 103 Å². The van der Waals surface area contributed by atoms with Gasteiger partial charge < -0.3 is 64.3 Å². The van der Waals surface area contributed by atoms with E-state index in [1.54, 1.807) is 24.4 Å². The molecule has 0 atom stereocenters. The van der Waals surface area contributed by atoms with Crippen LogP contribution >= 0.6 is 69.3 Å². The van der Waals surface area contributed by atoms with Gasteiger partial charge in [-0.2, -0.15) is 0 Å².